The topological polar surface area (TPSA) is 40.5 Å². The van der Waals surface area contributed by atoms with Crippen LogP contribution in [-0.2, 0) is 4.79 Å². The van der Waals surface area contributed by atoms with Gasteiger partial charge in [-0.25, -0.2) is 0 Å². The number of allylic oxidation sites excluding steroid dienone is 1. The maximum absolute atomic E-state index is 12.6. The van der Waals surface area contributed by atoms with E-state index in [-0.39, 0.29) is 18.3 Å². The Morgan fingerprint density at radius 1 is 1.44 bits per heavy atom. The van der Waals surface area contributed by atoms with E-state index in [4.69, 9.17) is 0 Å². The van der Waals surface area contributed by atoms with Gasteiger partial charge in [-0.1, -0.05) is 25.5 Å². The largest absolute Gasteiger partial charge is 0.390 e. The summed E-state index contributed by atoms with van der Waals surface area (Å²) in [5.41, 5.74) is 0.0859. The Morgan fingerprint density at radius 3 is 2.39 bits per heavy atom. The normalized spacial score (nSPS) is 17.9. The van der Waals surface area contributed by atoms with Crippen LogP contribution < -0.4 is 0 Å². The molecule has 1 N–H and O–H groups in total. The van der Waals surface area contributed by atoms with Crippen molar-refractivity contribution in [2.24, 2.45) is 5.92 Å². The van der Waals surface area contributed by atoms with E-state index in [1.165, 1.54) is 0 Å². The molecule has 0 atom stereocenters. The average Bonchev–Trinajstić information content (AvgIpc) is 2.87. The first-order valence-corrected chi connectivity index (χ1v) is 6.71. The first kappa shape index (κ1) is 15.0. The highest BCUT2D eigenvalue weighted by Gasteiger charge is 2.39. The monoisotopic (exact) mass is 251 g/mol. The predicted molar refractivity (Wildman–Crippen MR) is 73.9 cm³/mol. The number of nitrogens with zero attached hydrogens (tertiary/aromatic N) is 1. The lowest BCUT2D eigenvalue weighted by molar-refractivity contribution is -0.131. The molecule has 1 rings (SSSR count). The number of hydrogen-bond acceptors (Lipinski definition) is 3. The highest BCUT2D eigenvalue weighted by Crippen LogP contribution is 2.32. The maximum atomic E-state index is 12.6. The number of carbonyl (C=O) groups is 1. The Hall–Kier alpha value is -1.09. The molecule has 0 amide bonds. The number of carbonyl (C=O) groups excluding carboxylic acids is 1. The van der Waals surface area contributed by atoms with Crippen LogP contribution in [0.3, 0.4) is 0 Å². The minimum absolute atomic E-state index is 0.0795. The van der Waals surface area contributed by atoms with Crippen molar-refractivity contribution >= 4 is 5.78 Å². The summed E-state index contributed by atoms with van der Waals surface area (Å²) in [6.45, 7) is 9.38. The standard InChI is InChI=1S/C15H25NO2/c1-5-13(11-17)16(6-2)15(3,4)14(18)12-9-7-8-10-12/h5-6,12,17H,2,7-11H2,1,3-4H3/b13-5-. The van der Waals surface area contributed by atoms with Crippen LogP contribution in [0.15, 0.2) is 24.6 Å². The van der Waals surface area contributed by atoms with Gasteiger partial charge in [-0.3, -0.25) is 4.79 Å². The van der Waals surface area contributed by atoms with E-state index >= 15 is 0 Å². The lowest BCUT2D eigenvalue weighted by Gasteiger charge is -2.39. The molecular weight excluding hydrogens is 226 g/mol. The van der Waals surface area contributed by atoms with Crippen molar-refractivity contribution in [3.63, 3.8) is 0 Å². The van der Waals surface area contributed by atoms with Crippen LogP contribution in [0.1, 0.15) is 46.5 Å². The van der Waals surface area contributed by atoms with Crippen molar-refractivity contribution in [3.05, 3.63) is 24.6 Å². The first-order chi connectivity index (χ1) is 8.48. The summed E-state index contributed by atoms with van der Waals surface area (Å²) in [5, 5.41) is 9.37. The smallest absolute Gasteiger partial charge is 0.161 e. The molecule has 0 aromatic heterocycles. The Labute approximate surface area is 110 Å². The lowest BCUT2D eigenvalue weighted by atomic mass is 9.86. The van der Waals surface area contributed by atoms with Gasteiger partial charge in [0.2, 0.25) is 0 Å². The highest BCUT2D eigenvalue weighted by molar-refractivity contribution is 5.90. The highest BCUT2D eigenvalue weighted by atomic mass is 16.3. The third-order valence-corrected chi connectivity index (χ3v) is 3.92. The summed E-state index contributed by atoms with van der Waals surface area (Å²) in [6, 6.07) is 0. The summed E-state index contributed by atoms with van der Waals surface area (Å²) < 4.78 is 0. The van der Waals surface area contributed by atoms with Crippen LogP contribution >= 0.6 is 0 Å². The minimum atomic E-state index is -0.638. The first-order valence-electron chi connectivity index (χ1n) is 6.71. The Morgan fingerprint density at radius 2 is 2.00 bits per heavy atom. The van der Waals surface area contributed by atoms with E-state index < -0.39 is 5.54 Å². The van der Waals surface area contributed by atoms with Gasteiger partial charge in [0, 0.05) is 11.6 Å². The molecule has 1 aliphatic carbocycles. The van der Waals surface area contributed by atoms with Gasteiger partial charge < -0.3 is 10.0 Å². The molecule has 1 saturated carbocycles. The van der Waals surface area contributed by atoms with Gasteiger partial charge in [0.05, 0.1) is 12.1 Å². The molecule has 0 saturated heterocycles. The molecule has 0 bridgehead atoms. The van der Waals surface area contributed by atoms with Crippen LogP contribution in [0.25, 0.3) is 0 Å². The number of hydrogen-bond donors (Lipinski definition) is 1. The van der Waals surface area contributed by atoms with Gasteiger partial charge in [-0.2, -0.15) is 0 Å². The number of Topliss-reactive ketones (excluding diaryl/α,β-unsaturated/α-hetero) is 1. The van der Waals surface area contributed by atoms with Crippen molar-refractivity contribution in [1.82, 2.24) is 4.90 Å². The summed E-state index contributed by atoms with van der Waals surface area (Å²) in [6.07, 6.45) is 7.76. The summed E-state index contributed by atoms with van der Waals surface area (Å²) in [4.78, 5) is 14.4. The van der Waals surface area contributed by atoms with Gasteiger partial charge >= 0.3 is 0 Å². The van der Waals surface area contributed by atoms with E-state index in [1.54, 1.807) is 11.1 Å². The zero-order valence-corrected chi connectivity index (χ0v) is 11.8. The number of ketones is 1. The van der Waals surface area contributed by atoms with Gasteiger partial charge in [0.15, 0.2) is 5.78 Å². The molecule has 0 aromatic carbocycles. The average molecular weight is 251 g/mol. The van der Waals surface area contributed by atoms with Crippen LogP contribution in [0.2, 0.25) is 0 Å². The SMILES string of the molecule is C=CN(/C(=C\C)CO)C(C)(C)C(=O)C1CCCC1. The summed E-state index contributed by atoms with van der Waals surface area (Å²) in [7, 11) is 0. The molecular formula is C15H25NO2. The quantitative estimate of drug-likeness (QED) is 0.789. The second kappa shape index (κ2) is 6.19. The van der Waals surface area contributed by atoms with Gasteiger partial charge in [-0.05, 0) is 39.8 Å². The molecule has 3 nitrogen and oxygen atoms in total. The zero-order chi connectivity index (χ0) is 13.8. The van der Waals surface area contributed by atoms with Crippen molar-refractivity contribution in [2.45, 2.75) is 52.0 Å². The third-order valence-electron chi connectivity index (χ3n) is 3.92. The Bertz CT molecular complexity index is 338. The fraction of sp³-hybridized carbons (Fsp3) is 0.667. The van der Waals surface area contributed by atoms with Crippen molar-refractivity contribution in [2.75, 3.05) is 6.61 Å². The molecule has 3 heteroatoms. The summed E-state index contributed by atoms with van der Waals surface area (Å²) >= 11 is 0. The van der Waals surface area contributed by atoms with Crippen LogP contribution in [-0.4, -0.2) is 27.9 Å². The fourth-order valence-corrected chi connectivity index (χ4v) is 2.82. The molecule has 18 heavy (non-hydrogen) atoms. The molecule has 0 unspecified atom stereocenters. The number of aliphatic hydroxyl groups is 1. The molecule has 0 heterocycles. The Balaban J connectivity index is 2.94. The van der Waals surface area contributed by atoms with Crippen molar-refractivity contribution in [3.8, 4) is 0 Å². The van der Waals surface area contributed by atoms with Gasteiger partial charge in [0.25, 0.3) is 0 Å². The molecule has 1 aliphatic rings. The molecule has 0 aliphatic heterocycles. The van der Waals surface area contributed by atoms with E-state index in [9.17, 15) is 9.90 Å². The molecule has 102 valence electrons. The van der Waals surface area contributed by atoms with Crippen LogP contribution in [0.5, 0.6) is 0 Å². The van der Waals surface area contributed by atoms with Crippen molar-refractivity contribution in [1.29, 1.82) is 0 Å². The van der Waals surface area contributed by atoms with E-state index in [0.717, 1.165) is 31.4 Å². The van der Waals surface area contributed by atoms with E-state index in [2.05, 4.69) is 6.58 Å². The van der Waals surface area contributed by atoms with Crippen LogP contribution in [0.4, 0.5) is 0 Å². The second-order valence-electron chi connectivity index (χ2n) is 5.40. The van der Waals surface area contributed by atoms with Gasteiger partial charge in [0.1, 0.15) is 0 Å². The fourth-order valence-electron chi connectivity index (χ4n) is 2.82. The maximum Gasteiger partial charge on any atom is 0.161 e. The second-order valence-corrected chi connectivity index (χ2v) is 5.40. The third kappa shape index (κ3) is 2.83. The molecule has 0 aromatic rings. The van der Waals surface area contributed by atoms with Gasteiger partial charge in [-0.15, -0.1) is 0 Å². The molecule has 0 spiro atoms. The number of rotatable bonds is 6. The number of aliphatic hydroxyl groups excluding tert-OH is 1. The van der Waals surface area contributed by atoms with E-state index in [0.29, 0.717) is 0 Å². The summed E-state index contributed by atoms with van der Waals surface area (Å²) in [5.74, 6) is 0.423. The lowest BCUT2D eigenvalue weighted by Crippen LogP contribution is -2.49. The van der Waals surface area contributed by atoms with Crippen LogP contribution in [0, 0.1) is 5.92 Å². The predicted octanol–water partition coefficient (Wildman–Crippen LogP) is 2.87. The zero-order valence-electron chi connectivity index (χ0n) is 11.8. The Kier molecular flexibility index (Phi) is 5.15. The molecule has 1 fully saturated rings. The molecule has 0 radical (unpaired) electrons. The minimum Gasteiger partial charge on any atom is -0.390 e. The van der Waals surface area contributed by atoms with E-state index in [1.807, 2.05) is 26.8 Å². The van der Waals surface area contributed by atoms with Crippen molar-refractivity contribution < 1.29 is 9.90 Å².